The Hall–Kier alpha value is -0.180. The number of hydrogen-bond acceptors (Lipinski definition) is 1. The molecule has 1 heterocycles. The quantitative estimate of drug-likeness (QED) is 0.763. The van der Waals surface area contributed by atoms with Crippen molar-refractivity contribution in [3.63, 3.8) is 0 Å². The topological polar surface area (TPSA) is 25.0 Å². The van der Waals surface area contributed by atoms with Crippen LogP contribution in [0.15, 0.2) is 18.2 Å². The summed E-state index contributed by atoms with van der Waals surface area (Å²) in [7, 11) is 1.72. The van der Waals surface area contributed by atoms with Crippen molar-refractivity contribution in [1.82, 2.24) is 4.98 Å². The van der Waals surface area contributed by atoms with E-state index < -0.39 is 0 Å². The molecule has 1 aliphatic rings. The van der Waals surface area contributed by atoms with E-state index in [2.05, 4.69) is 17.1 Å². The molecule has 3 heteroatoms. The average Bonchev–Trinajstić information content (AvgIpc) is 2.66. The minimum atomic E-state index is 0. The third kappa shape index (κ3) is 1.99. The van der Waals surface area contributed by atoms with Crippen molar-refractivity contribution in [1.29, 1.82) is 0 Å². The minimum absolute atomic E-state index is 0. The Balaban J connectivity index is 0.000000963. The third-order valence-electron chi connectivity index (χ3n) is 3.31. The van der Waals surface area contributed by atoms with Gasteiger partial charge in [-0.1, -0.05) is 0 Å². The van der Waals surface area contributed by atoms with E-state index in [1.165, 1.54) is 47.8 Å². The van der Waals surface area contributed by atoms with Gasteiger partial charge in [-0.05, 0) is 49.4 Å². The summed E-state index contributed by atoms with van der Waals surface area (Å²) in [5, 5.41) is 1.35. The Morgan fingerprint density at radius 2 is 2.00 bits per heavy atom. The molecule has 0 saturated heterocycles. The summed E-state index contributed by atoms with van der Waals surface area (Å²) in [6.07, 6.45) is 5.04. The van der Waals surface area contributed by atoms with Crippen molar-refractivity contribution in [2.75, 3.05) is 7.11 Å². The van der Waals surface area contributed by atoms with Crippen LogP contribution in [0.25, 0.3) is 10.9 Å². The summed E-state index contributed by atoms with van der Waals surface area (Å²) < 4.78 is 5.27. The molecule has 0 unspecified atom stereocenters. The SMILES string of the molecule is COc1ccc2[nH]c3c(c2c1)CCCC3.[Ca]. The molecule has 1 aromatic heterocycles. The van der Waals surface area contributed by atoms with Crippen molar-refractivity contribution in [3.8, 4) is 5.75 Å². The molecular formula is C13H15CaNO. The molecule has 16 heavy (non-hydrogen) atoms. The molecule has 0 bridgehead atoms. The molecule has 2 aromatic rings. The van der Waals surface area contributed by atoms with Crippen LogP contribution in [0.4, 0.5) is 0 Å². The normalized spacial score (nSPS) is 14.3. The maximum atomic E-state index is 5.27. The van der Waals surface area contributed by atoms with Crippen LogP contribution in [0.3, 0.4) is 0 Å². The van der Waals surface area contributed by atoms with E-state index in [0.29, 0.717) is 0 Å². The molecule has 0 aliphatic heterocycles. The van der Waals surface area contributed by atoms with E-state index in [1.807, 2.05) is 6.07 Å². The molecule has 0 spiro atoms. The summed E-state index contributed by atoms with van der Waals surface area (Å²) in [6, 6.07) is 6.28. The van der Waals surface area contributed by atoms with Gasteiger partial charge < -0.3 is 9.72 Å². The number of aromatic amines is 1. The van der Waals surface area contributed by atoms with E-state index in [0.717, 1.165) is 5.75 Å². The van der Waals surface area contributed by atoms with Crippen molar-refractivity contribution < 1.29 is 4.74 Å². The number of aryl methyl sites for hydroxylation is 2. The first-order chi connectivity index (χ1) is 7.38. The van der Waals surface area contributed by atoms with Gasteiger partial charge in [-0.3, -0.25) is 0 Å². The second kappa shape index (κ2) is 4.99. The number of hydrogen-bond donors (Lipinski definition) is 1. The Morgan fingerprint density at radius 3 is 2.81 bits per heavy atom. The molecule has 2 nitrogen and oxygen atoms in total. The van der Waals surface area contributed by atoms with Crippen molar-refractivity contribution >= 4 is 48.6 Å². The second-order valence-corrected chi connectivity index (χ2v) is 4.20. The zero-order valence-electron chi connectivity index (χ0n) is 9.68. The number of benzene rings is 1. The molecule has 0 saturated carbocycles. The van der Waals surface area contributed by atoms with Gasteiger partial charge in [0.25, 0.3) is 0 Å². The summed E-state index contributed by atoms with van der Waals surface area (Å²) >= 11 is 0. The van der Waals surface area contributed by atoms with Crippen LogP contribution in [0.5, 0.6) is 5.75 Å². The number of aromatic nitrogens is 1. The number of H-pyrrole nitrogens is 1. The first-order valence-electron chi connectivity index (χ1n) is 5.56. The molecule has 2 radical (unpaired) electrons. The van der Waals surface area contributed by atoms with Gasteiger partial charge in [-0.15, -0.1) is 0 Å². The van der Waals surface area contributed by atoms with Crippen molar-refractivity contribution in [2.45, 2.75) is 25.7 Å². The molecule has 1 N–H and O–H groups in total. The van der Waals surface area contributed by atoms with Gasteiger partial charge in [0.2, 0.25) is 0 Å². The Morgan fingerprint density at radius 1 is 1.19 bits per heavy atom. The first kappa shape index (κ1) is 12.3. The second-order valence-electron chi connectivity index (χ2n) is 4.20. The van der Waals surface area contributed by atoms with Gasteiger partial charge in [0.15, 0.2) is 0 Å². The Bertz CT molecular complexity index is 504. The van der Waals surface area contributed by atoms with E-state index in [1.54, 1.807) is 7.11 Å². The van der Waals surface area contributed by atoms with Gasteiger partial charge in [0.05, 0.1) is 7.11 Å². The van der Waals surface area contributed by atoms with E-state index in [4.69, 9.17) is 4.74 Å². The fourth-order valence-electron chi connectivity index (χ4n) is 2.51. The van der Waals surface area contributed by atoms with Crippen molar-refractivity contribution in [2.24, 2.45) is 0 Å². The third-order valence-corrected chi connectivity index (χ3v) is 3.31. The number of nitrogens with one attached hydrogen (secondary N) is 1. The maximum Gasteiger partial charge on any atom is 0.119 e. The zero-order valence-corrected chi connectivity index (χ0v) is 11.9. The largest absolute Gasteiger partial charge is 0.497 e. The van der Waals surface area contributed by atoms with Gasteiger partial charge in [-0.25, -0.2) is 0 Å². The van der Waals surface area contributed by atoms with Crippen LogP contribution >= 0.6 is 0 Å². The summed E-state index contributed by atoms with van der Waals surface area (Å²) in [5.74, 6) is 0.954. The predicted molar refractivity (Wildman–Crippen MR) is 67.2 cm³/mol. The van der Waals surface area contributed by atoms with Gasteiger partial charge in [0.1, 0.15) is 5.75 Å². The smallest absolute Gasteiger partial charge is 0.119 e. The van der Waals surface area contributed by atoms with Crippen LogP contribution in [0.1, 0.15) is 24.1 Å². The van der Waals surface area contributed by atoms with Crippen LogP contribution in [0, 0.1) is 0 Å². The van der Waals surface area contributed by atoms with Crippen LogP contribution < -0.4 is 4.74 Å². The van der Waals surface area contributed by atoms with E-state index in [9.17, 15) is 0 Å². The van der Waals surface area contributed by atoms with Crippen LogP contribution in [-0.4, -0.2) is 49.8 Å². The maximum absolute atomic E-state index is 5.27. The van der Waals surface area contributed by atoms with E-state index in [-0.39, 0.29) is 37.7 Å². The standard InChI is InChI=1S/C13H15NO.Ca/c1-15-9-6-7-13-11(8-9)10-4-2-3-5-12(10)14-13;/h6-8,14H,2-5H2,1H3;. The first-order valence-corrected chi connectivity index (χ1v) is 5.56. The van der Waals surface area contributed by atoms with Crippen molar-refractivity contribution in [3.05, 3.63) is 29.5 Å². The predicted octanol–water partition coefficient (Wildman–Crippen LogP) is 2.67. The Labute approximate surface area is 125 Å². The molecule has 0 fully saturated rings. The van der Waals surface area contributed by atoms with Gasteiger partial charge in [-0.2, -0.15) is 0 Å². The number of ether oxygens (including phenoxy) is 1. The Kier molecular flexibility index (Phi) is 3.83. The summed E-state index contributed by atoms with van der Waals surface area (Å²) in [6.45, 7) is 0. The zero-order chi connectivity index (χ0) is 10.3. The number of rotatable bonds is 1. The molecule has 80 valence electrons. The summed E-state index contributed by atoms with van der Waals surface area (Å²) in [4.78, 5) is 3.51. The minimum Gasteiger partial charge on any atom is -0.497 e. The fraction of sp³-hybridized carbons (Fsp3) is 0.385. The summed E-state index contributed by atoms with van der Waals surface area (Å²) in [5.41, 5.74) is 4.20. The average molecular weight is 241 g/mol. The molecule has 0 amide bonds. The monoisotopic (exact) mass is 241 g/mol. The molecule has 1 aliphatic carbocycles. The van der Waals surface area contributed by atoms with E-state index >= 15 is 0 Å². The molecule has 1 aromatic carbocycles. The number of methoxy groups -OCH3 is 1. The van der Waals surface area contributed by atoms with Crippen LogP contribution in [-0.2, 0) is 12.8 Å². The fourth-order valence-corrected chi connectivity index (χ4v) is 2.51. The molecule has 3 rings (SSSR count). The molecular weight excluding hydrogens is 226 g/mol. The molecule has 0 atom stereocenters. The number of fused-ring (bicyclic) bond motifs is 3. The van der Waals surface area contributed by atoms with Gasteiger partial charge >= 0.3 is 0 Å². The van der Waals surface area contributed by atoms with Gasteiger partial charge in [0, 0.05) is 54.3 Å². The van der Waals surface area contributed by atoms with Crippen LogP contribution in [0.2, 0.25) is 0 Å².